The summed E-state index contributed by atoms with van der Waals surface area (Å²) in [7, 11) is 3.07. The number of benzene rings is 2. The van der Waals surface area contributed by atoms with Gasteiger partial charge in [-0.25, -0.2) is 0 Å². The molecular weight excluding hydrogens is 412 g/mol. The summed E-state index contributed by atoms with van der Waals surface area (Å²) in [6.07, 6.45) is 0.324. The van der Waals surface area contributed by atoms with E-state index in [1.165, 1.54) is 7.11 Å². The van der Waals surface area contributed by atoms with Crippen molar-refractivity contribution in [3.05, 3.63) is 64.3 Å². The number of hydrogen-bond donors (Lipinski definition) is 2. The number of aryl methyl sites for hydroxylation is 2. The smallest absolute Gasteiger partial charge is 0.259 e. The molecule has 32 heavy (non-hydrogen) atoms. The van der Waals surface area contributed by atoms with E-state index in [1.54, 1.807) is 31.4 Å². The fourth-order valence-corrected chi connectivity index (χ4v) is 3.30. The van der Waals surface area contributed by atoms with Gasteiger partial charge in [0, 0.05) is 24.4 Å². The fraction of sp³-hybridized carbons (Fsp3) is 0.217. The van der Waals surface area contributed by atoms with Crippen molar-refractivity contribution in [3.8, 4) is 22.9 Å². The van der Waals surface area contributed by atoms with E-state index in [4.69, 9.17) is 14.0 Å². The molecule has 0 aliphatic heterocycles. The predicted octanol–water partition coefficient (Wildman–Crippen LogP) is 3.48. The highest BCUT2D eigenvalue weighted by Crippen LogP contribution is 2.29. The summed E-state index contributed by atoms with van der Waals surface area (Å²) in [6, 6.07) is 12.6. The third-order valence-corrected chi connectivity index (χ3v) is 4.96. The minimum absolute atomic E-state index is 0.106. The quantitative estimate of drug-likeness (QED) is 0.457. The van der Waals surface area contributed by atoms with Gasteiger partial charge in [-0.05, 0) is 42.6 Å². The SMILES string of the molecule is COc1ccc(OC)c(NC(=O)CCc2nc(-c3cc4cc(C)ccc4[nH]c3=O)no2)c1. The Labute approximate surface area is 183 Å². The van der Waals surface area contributed by atoms with Crippen molar-refractivity contribution in [2.45, 2.75) is 19.8 Å². The number of carbonyl (C=O) groups is 1. The van der Waals surface area contributed by atoms with Crippen LogP contribution < -0.4 is 20.3 Å². The molecule has 0 aliphatic rings. The van der Waals surface area contributed by atoms with E-state index in [0.717, 1.165) is 16.5 Å². The number of carbonyl (C=O) groups excluding carboxylic acids is 1. The molecule has 0 saturated carbocycles. The molecular formula is C23H22N4O5. The number of pyridine rings is 1. The maximum Gasteiger partial charge on any atom is 0.259 e. The average Bonchev–Trinajstić information content (AvgIpc) is 3.26. The summed E-state index contributed by atoms with van der Waals surface area (Å²) in [4.78, 5) is 32.0. The molecule has 4 aromatic rings. The van der Waals surface area contributed by atoms with Gasteiger partial charge in [-0.2, -0.15) is 4.98 Å². The second-order valence-electron chi connectivity index (χ2n) is 7.23. The highest BCUT2D eigenvalue weighted by molar-refractivity contribution is 5.92. The van der Waals surface area contributed by atoms with Crippen LogP contribution in [0, 0.1) is 6.92 Å². The highest BCUT2D eigenvalue weighted by atomic mass is 16.5. The van der Waals surface area contributed by atoms with Crippen LogP contribution in [0.2, 0.25) is 0 Å². The largest absolute Gasteiger partial charge is 0.497 e. The van der Waals surface area contributed by atoms with Crippen molar-refractivity contribution in [1.29, 1.82) is 0 Å². The van der Waals surface area contributed by atoms with Crippen LogP contribution in [-0.4, -0.2) is 35.3 Å². The predicted molar refractivity (Wildman–Crippen MR) is 119 cm³/mol. The third kappa shape index (κ3) is 4.46. The molecule has 0 atom stereocenters. The molecule has 0 bridgehead atoms. The summed E-state index contributed by atoms with van der Waals surface area (Å²) in [6.45, 7) is 1.98. The maximum atomic E-state index is 12.4. The molecule has 0 spiro atoms. The zero-order chi connectivity index (χ0) is 22.7. The maximum absolute atomic E-state index is 12.4. The van der Waals surface area contributed by atoms with Crippen LogP contribution in [0.15, 0.2) is 51.8 Å². The molecule has 0 unspecified atom stereocenters. The Bertz CT molecular complexity index is 1340. The molecule has 0 radical (unpaired) electrons. The number of ether oxygens (including phenoxy) is 2. The van der Waals surface area contributed by atoms with Gasteiger partial charge in [0.2, 0.25) is 17.6 Å². The van der Waals surface area contributed by atoms with Crippen molar-refractivity contribution >= 4 is 22.5 Å². The second kappa shape index (κ2) is 8.93. The molecule has 0 aliphatic carbocycles. The summed E-state index contributed by atoms with van der Waals surface area (Å²) in [5.41, 5.74) is 2.31. The van der Waals surface area contributed by atoms with Gasteiger partial charge in [0.15, 0.2) is 0 Å². The van der Waals surface area contributed by atoms with E-state index in [0.29, 0.717) is 22.7 Å². The lowest BCUT2D eigenvalue weighted by molar-refractivity contribution is -0.116. The number of nitrogens with zero attached hydrogens (tertiary/aromatic N) is 2. The fourth-order valence-electron chi connectivity index (χ4n) is 3.30. The van der Waals surface area contributed by atoms with E-state index in [2.05, 4.69) is 20.4 Å². The van der Waals surface area contributed by atoms with Crippen LogP contribution >= 0.6 is 0 Å². The Morgan fingerprint density at radius 2 is 1.97 bits per heavy atom. The third-order valence-electron chi connectivity index (χ3n) is 4.96. The Kier molecular flexibility index (Phi) is 5.89. The zero-order valence-corrected chi connectivity index (χ0v) is 17.9. The monoisotopic (exact) mass is 434 g/mol. The minimum Gasteiger partial charge on any atom is -0.497 e. The Hall–Kier alpha value is -4.14. The first kappa shape index (κ1) is 21.1. The number of aromatic nitrogens is 3. The number of aromatic amines is 1. The van der Waals surface area contributed by atoms with Gasteiger partial charge in [0.1, 0.15) is 11.5 Å². The molecule has 2 heterocycles. The summed E-state index contributed by atoms with van der Waals surface area (Å²) in [5, 5.41) is 7.58. The summed E-state index contributed by atoms with van der Waals surface area (Å²) >= 11 is 0. The lowest BCUT2D eigenvalue weighted by Crippen LogP contribution is -2.13. The van der Waals surface area contributed by atoms with Crippen molar-refractivity contribution in [2.24, 2.45) is 0 Å². The van der Waals surface area contributed by atoms with E-state index in [9.17, 15) is 9.59 Å². The van der Waals surface area contributed by atoms with Crippen LogP contribution in [0.5, 0.6) is 11.5 Å². The molecule has 9 heteroatoms. The first-order valence-corrected chi connectivity index (χ1v) is 9.95. The van der Waals surface area contributed by atoms with E-state index in [-0.39, 0.29) is 36.0 Å². The van der Waals surface area contributed by atoms with Crippen LogP contribution in [0.1, 0.15) is 17.9 Å². The number of nitrogens with one attached hydrogen (secondary N) is 2. The Morgan fingerprint density at radius 1 is 1.12 bits per heavy atom. The summed E-state index contributed by atoms with van der Waals surface area (Å²) in [5.74, 6) is 1.30. The van der Waals surface area contributed by atoms with Crippen LogP contribution in [0.4, 0.5) is 5.69 Å². The number of fused-ring (bicyclic) bond motifs is 1. The number of amides is 1. The average molecular weight is 434 g/mol. The molecule has 164 valence electrons. The van der Waals surface area contributed by atoms with Crippen molar-refractivity contribution in [1.82, 2.24) is 15.1 Å². The topological polar surface area (TPSA) is 119 Å². The van der Waals surface area contributed by atoms with Gasteiger partial charge in [-0.3, -0.25) is 9.59 Å². The van der Waals surface area contributed by atoms with Crippen molar-refractivity contribution < 1.29 is 18.8 Å². The van der Waals surface area contributed by atoms with Crippen LogP contribution in [0.3, 0.4) is 0 Å². The first-order chi connectivity index (χ1) is 15.5. The van der Waals surface area contributed by atoms with Crippen LogP contribution in [-0.2, 0) is 11.2 Å². The second-order valence-corrected chi connectivity index (χ2v) is 7.23. The Morgan fingerprint density at radius 3 is 2.75 bits per heavy atom. The number of hydrogen-bond acceptors (Lipinski definition) is 7. The standard InChI is InChI=1S/C23H22N4O5/c1-13-4-6-17-14(10-13)11-16(23(29)25-17)22-26-21(32-27-22)9-8-20(28)24-18-12-15(30-2)5-7-19(18)31-3/h4-7,10-12H,8-9H2,1-3H3,(H,24,28)(H,25,29). The summed E-state index contributed by atoms with van der Waals surface area (Å²) < 4.78 is 15.7. The molecule has 2 N–H and O–H groups in total. The lowest BCUT2D eigenvalue weighted by atomic mass is 10.1. The molecule has 0 fully saturated rings. The van der Waals surface area contributed by atoms with E-state index in [1.807, 2.05) is 25.1 Å². The van der Waals surface area contributed by atoms with Gasteiger partial charge in [-0.15, -0.1) is 0 Å². The van der Waals surface area contributed by atoms with E-state index >= 15 is 0 Å². The zero-order valence-electron chi connectivity index (χ0n) is 17.9. The molecule has 9 nitrogen and oxygen atoms in total. The molecule has 4 rings (SSSR count). The molecule has 1 amide bonds. The molecule has 0 saturated heterocycles. The molecule has 2 aromatic heterocycles. The van der Waals surface area contributed by atoms with Crippen molar-refractivity contribution in [3.63, 3.8) is 0 Å². The number of rotatable bonds is 7. The van der Waals surface area contributed by atoms with Gasteiger partial charge >= 0.3 is 0 Å². The minimum atomic E-state index is -0.309. The van der Waals surface area contributed by atoms with Crippen LogP contribution in [0.25, 0.3) is 22.3 Å². The molecule has 2 aromatic carbocycles. The number of methoxy groups -OCH3 is 2. The normalized spacial score (nSPS) is 10.8. The van der Waals surface area contributed by atoms with Gasteiger partial charge in [-0.1, -0.05) is 16.8 Å². The Balaban J connectivity index is 1.46. The van der Waals surface area contributed by atoms with Gasteiger partial charge in [0.25, 0.3) is 5.56 Å². The van der Waals surface area contributed by atoms with Crippen molar-refractivity contribution in [2.75, 3.05) is 19.5 Å². The first-order valence-electron chi connectivity index (χ1n) is 9.95. The highest BCUT2D eigenvalue weighted by Gasteiger charge is 2.15. The lowest BCUT2D eigenvalue weighted by Gasteiger charge is -2.11. The van der Waals surface area contributed by atoms with Gasteiger partial charge in [0.05, 0.1) is 25.5 Å². The number of anilines is 1. The van der Waals surface area contributed by atoms with E-state index < -0.39 is 0 Å². The van der Waals surface area contributed by atoms with Gasteiger partial charge < -0.3 is 24.3 Å². The number of H-pyrrole nitrogens is 1.